The average Bonchev–Trinajstić information content (AvgIpc) is 3.37. The summed E-state index contributed by atoms with van der Waals surface area (Å²) in [4.78, 5) is 38.4. The van der Waals surface area contributed by atoms with Crippen molar-refractivity contribution >= 4 is 17.5 Å². The van der Waals surface area contributed by atoms with Crippen molar-refractivity contribution in [3.05, 3.63) is 118 Å². The topological polar surface area (TPSA) is 175 Å². The molecule has 388 valence electrons. The minimum atomic E-state index is -1.43. The summed E-state index contributed by atoms with van der Waals surface area (Å²) >= 11 is 0. The fraction of sp³-hybridized carbons (Fsp3) is 0.596. The molecule has 6 atom stereocenters. The van der Waals surface area contributed by atoms with Gasteiger partial charge in [-0.1, -0.05) is 108 Å². The Labute approximate surface area is 422 Å². The number of oxime groups is 1. The first-order valence-electron chi connectivity index (χ1n) is 26.6. The minimum Gasteiger partial charge on any atom is -0.487 e. The Morgan fingerprint density at radius 1 is 0.915 bits per heavy atom. The number of nitro benzene ring substituents is 1. The third-order valence-corrected chi connectivity index (χ3v) is 14.3. The highest BCUT2D eigenvalue weighted by atomic mass is 16.7. The number of ether oxygens (including phenoxy) is 4. The molecule has 14 heteroatoms. The Morgan fingerprint density at radius 3 is 2.31 bits per heavy atom. The van der Waals surface area contributed by atoms with Crippen LogP contribution >= 0.6 is 0 Å². The van der Waals surface area contributed by atoms with Crippen LogP contribution in [0.25, 0.3) is 0 Å². The number of aryl methyl sites for hydroxylation is 1. The van der Waals surface area contributed by atoms with Crippen molar-refractivity contribution in [2.45, 2.75) is 167 Å². The highest BCUT2D eigenvalue weighted by Gasteiger charge is 2.65. The standard InChI is InChI=1S/C57H80N4O10/c1-5-8-9-10-11-12-13-14-15-20-36-67-56(64)60(32-6-2)53-39-51(59-70-40-43-26-28-46(29-27-43)61(65)66)49-37-44(23-16-18-33-62)48(25-17-19-34-63)54-50-38-47(68-41-45-24-21-22-42(4)58-45)30-31-52(50)71-57(53,55(49)54)69-35-7-3/h7,21-22,24,26-31,37-38,44,48,53-55,62-63H,3,5-6,8-20,23,25,32-36,39-41H2,1-2,4H3/t44-,48+,53-,54+,55+,57+/m0/s1. The van der Waals surface area contributed by atoms with E-state index in [4.69, 9.17) is 28.9 Å². The van der Waals surface area contributed by atoms with Crippen molar-refractivity contribution < 1.29 is 43.7 Å². The van der Waals surface area contributed by atoms with E-state index in [-0.39, 0.29) is 62.9 Å². The van der Waals surface area contributed by atoms with E-state index in [0.29, 0.717) is 55.2 Å². The molecule has 0 bridgehead atoms. The first-order valence-corrected chi connectivity index (χ1v) is 26.6. The van der Waals surface area contributed by atoms with Crippen LogP contribution in [0.1, 0.15) is 158 Å². The van der Waals surface area contributed by atoms with E-state index in [9.17, 15) is 25.1 Å². The SMILES string of the molecule is C=CCO[C@@]12Oc3ccc(OCc4cccc(C)n4)cc3[C@H]3[C@H](CCCCO)[C@@H](CCCCO)C=C(C(=NOCc4ccc([N+](=O)[O-])cc4)C[C@@H]1N(CCC)C(=O)OCCCCCCCCCCCC)[C@H]32. The number of pyridine rings is 1. The number of carbonyl (C=O) groups excluding carboxylic acids is 1. The van der Waals surface area contributed by atoms with Crippen LogP contribution in [-0.4, -0.2) is 81.6 Å². The molecule has 0 spiro atoms. The fourth-order valence-corrected chi connectivity index (χ4v) is 10.9. The van der Waals surface area contributed by atoms with Crippen LogP contribution in [0.4, 0.5) is 10.5 Å². The summed E-state index contributed by atoms with van der Waals surface area (Å²) in [5, 5.41) is 36.4. The Bertz CT molecular complexity index is 2200. The summed E-state index contributed by atoms with van der Waals surface area (Å²) in [5.74, 6) is -0.820. The van der Waals surface area contributed by atoms with Gasteiger partial charge < -0.3 is 34.0 Å². The predicted molar refractivity (Wildman–Crippen MR) is 276 cm³/mol. The number of rotatable bonds is 32. The molecule has 1 fully saturated rings. The maximum Gasteiger partial charge on any atom is 0.410 e. The Hall–Kier alpha value is -5.31. The molecule has 3 aliphatic rings. The molecule has 1 aromatic heterocycles. The van der Waals surface area contributed by atoms with Crippen LogP contribution in [0.5, 0.6) is 11.5 Å². The molecule has 2 heterocycles. The number of aliphatic hydroxyl groups is 2. The number of nitrogens with zero attached hydrogens (tertiary/aromatic N) is 4. The van der Waals surface area contributed by atoms with Gasteiger partial charge in [0.2, 0.25) is 5.79 Å². The molecule has 3 aromatic rings. The number of aromatic nitrogens is 1. The number of allylic oxidation sites excluding steroid dienone is 1. The van der Waals surface area contributed by atoms with Crippen molar-refractivity contribution in [1.29, 1.82) is 0 Å². The van der Waals surface area contributed by atoms with Gasteiger partial charge in [-0.3, -0.25) is 20.0 Å². The van der Waals surface area contributed by atoms with Gasteiger partial charge in [0.15, 0.2) is 0 Å². The first-order chi connectivity index (χ1) is 34.7. The maximum atomic E-state index is 14.7. The van der Waals surface area contributed by atoms with Crippen LogP contribution in [0.3, 0.4) is 0 Å². The fourth-order valence-electron chi connectivity index (χ4n) is 10.9. The lowest BCUT2D eigenvalue weighted by Crippen LogP contribution is -2.70. The van der Waals surface area contributed by atoms with E-state index in [1.54, 1.807) is 23.1 Å². The molecule has 2 aromatic carbocycles. The summed E-state index contributed by atoms with van der Waals surface area (Å²) in [6, 6.07) is 17.3. The van der Waals surface area contributed by atoms with Gasteiger partial charge in [-0.15, -0.1) is 6.58 Å². The van der Waals surface area contributed by atoms with Crippen molar-refractivity contribution in [2.24, 2.45) is 22.9 Å². The van der Waals surface area contributed by atoms with Crippen LogP contribution in [0.2, 0.25) is 0 Å². The van der Waals surface area contributed by atoms with E-state index < -0.39 is 28.8 Å². The number of hydrogen-bond acceptors (Lipinski definition) is 12. The number of non-ortho nitro benzene ring substituents is 1. The zero-order valence-electron chi connectivity index (χ0n) is 42.6. The zero-order valence-corrected chi connectivity index (χ0v) is 42.6. The molecule has 0 radical (unpaired) electrons. The van der Waals surface area contributed by atoms with Gasteiger partial charge in [0.25, 0.3) is 5.69 Å². The quantitative estimate of drug-likeness (QED) is 0.0263. The van der Waals surface area contributed by atoms with Crippen molar-refractivity contribution in [3.8, 4) is 11.5 Å². The van der Waals surface area contributed by atoms with Crippen LogP contribution < -0.4 is 9.47 Å². The average molecular weight is 981 g/mol. The number of aliphatic hydroxyl groups excluding tert-OH is 2. The van der Waals surface area contributed by atoms with E-state index in [1.807, 2.05) is 44.2 Å². The molecule has 6 rings (SSSR count). The number of nitro groups is 1. The molecule has 1 saturated carbocycles. The summed E-state index contributed by atoms with van der Waals surface area (Å²) in [6.07, 6.45) is 20.6. The van der Waals surface area contributed by atoms with Crippen molar-refractivity contribution in [2.75, 3.05) is 33.0 Å². The lowest BCUT2D eigenvalue weighted by molar-refractivity contribution is -0.384. The highest BCUT2D eigenvalue weighted by Crippen LogP contribution is 2.62. The summed E-state index contributed by atoms with van der Waals surface area (Å²) in [7, 11) is 0. The number of hydrogen-bond donors (Lipinski definition) is 2. The number of fused-ring (bicyclic) bond motifs is 2. The van der Waals surface area contributed by atoms with Crippen molar-refractivity contribution in [1.82, 2.24) is 9.88 Å². The second-order valence-electron chi connectivity index (χ2n) is 19.5. The molecule has 0 saturated heterocycles. The molecule has 1 amide bonds. The smallest absolute Gasteiger partial charge is 0.410 e. The molecule has 2 aliphatic carbocycles. The zero-order chi connectivity index (χ0) is 50.4. The third kappa shape index (κ3) is 14.9. The Balaban J connectivity index is 1.42. The predicted octanol–water partition coefficient (Wildman–Crippen LogP) is 12.5. The van der Waals surface area contributed by atoms with E-state index in [0.717, 1.165) is 67.5 Å². The van der Waals surface area contributed by atoms with E-state index in [2.05, 4.69) is 30.6 Å². The molecule has 1 aliphatic heterocycles. The van der Waals surface area contributed by atoms with Crippen LogP contribution in [0.15, 0.2) is 90.1 Å². The second kappa shape index (κ2) is 28.7. The Kier molecular flexibility index (Phi) is 22.2. The molecule has 14 nitrogen and oxygen atoms in total. The van der Waals surface area contributed by atoms with E-state index in [1.165, 1.54) is 57.1 Å². The largest absolute Gasteiger partial charge is 0.487 e. The number of unbranched alkanes of at least 4 members (excludes halogenated alkanes) is 11. The van der Waals surface area contributed by atoms with Gasteiger partial charge in [0.05, 0.1) is 35.5 Å². The van der Waals surface area contributed by atoms with Gasteiger partial charge in [0.1, 0.15) is 30.8 Å². The maximum absolute atomic E-state index is 14.7. The number of amides is 1. The summed E-state index contributed by atoms with van der Waals surface area (Å²) in [6.45, 7) is 11.6. The molecular weight excluding hydrogens is 901 g/mol. The molecular formula is C57H80N4O10. The lowest BCUT2D eigenvalue weighted by Gasteiger charge is -2.59. The van der Waals surface area contributed by atoms with Gasteiger partial charge >= 0.3 is 6.09 Å². The minimum absolute atomic E-state index is 0.0146. The lowest BCUT2D eigenvalue weighted by atomic mass is 9.55. The van der Waals surface area contributed by atoms with Gasteiger partial charge in [0, 0.05) is 55.5 Å². The third-order valence-electron chi connectivity index (χ3n) is 14.3. The normalized spacial score (nSPS) is 21.6. The van der Waals surface area contributed by atoms with Crippen molar-refractivity contribution in [3.63, 3.8) is 0 Å². The highest BCUT2D eigenvalue weighted by molar-refractivity contribution is 6.03. The first kappa shape index (κ1) is 55.0. The summed E-state index contributed by atoms with van der Waals surface area (Å²) < 4.78 is 27.2. The molecule has 0 unspecified atom stereocenters. The van der Waals surface area contributed by atoms with Gasteiger partial charge in [-0.2, -0.15) is 0 Å². The van der Waals surface area contributed by atoms with Crippen LogP contribution in [0, 0.1) is 34.8 Å². The molecule has 2 N–H and O–H groups in total. The Morgan fingerprint density at radius 2 is 1.63 bits per heavy atom. The monoisotopic (exact) mass is 981 g/mol. The van der Waals surface area contributed by atoms with Crippen LogP contribution in [-0.2, 0) is 27.5 Å². The van der Waals surface area contributed by atoms with Gasteiger partial charge in [-0.05, 0) is 111 Å². The molecule has 71 heavy (non-hydrogen) atoms. The number of carbonyl (C=O) groups is 1. The summed E-state index contributed by atoms with van der Waals surface area (Å²) in [5.41, 5.74) is 4.92. The van der Waals surface area contributed by atoms with E-state index >= 15 is 0 Å². The second-order valence-corrected chi connectivity index (χ2v) is 19.5. The number of benzene rings is 2. The van der Waals surface area contributed by atoms with Gasteiger partial charge in [-0.25, -0.2) is 4.79 Å².